The standard InChI is InChI=1S/C19H29N3O4/c1-19(2,3)26-18(23)22-6-4-5-14(13-22)10-20-11-15-9-16-17(12-21-15)25-8-7-24-16/h9,12,14,20H,4-8,10-11,13H2,1-3H3. The van der Waals surface area contributed by atoms with Gasteiger partial charge in [-0.05, 0) is 39.5 Å². The molecule has 0 bridgehead atoms. The number of carbonyl (C=O) groups is 1. The molecule has 1 aromatic rings. The molecule has 3 heterocycles. The summed E-state index contributed by atoms with van der Waals surface area (Å²) in [5, 5.41) is 3.45. The molecule has 1 aromatic heterocycles. The van der Waals surface area contributed by atoms with E-state index in [-0.39, 0.29) is 6.09 Å². The largest absolute Gasteiger partial charge is 0.486 e. The van der Waals surface area contributed by atoms with Gasteiger partial charge in [-0.15, -0.1) is 0 Å². The van der Waals surface area contributed by atoms with Crippen LogP contribution in [-0.4, -0.2) is 54.4 Å². The van der Waals surface area contributed by atoms with Gasteiger partial charge in [-0.2, -0.15) is 0 Å². The molecular weight excluding hydrogens is 334 g/mol. The molecule has 0 aliphatic carbocycles. The molecule has 1 amide bonds. The first kappa shape index (κ1) is 18.8. The lowest BCUT2D eigenvalue weighted by Crippen LogP contribution is -2.45. The molecule has 0 radical (unpaired) electrons. The molecule has 0 aromatic carbocycles. The van der Waals surface area contributed by atoms with Crippen LogP contribution < -0.4 is 14.8 Å². The Morgan fingerprint density at radius 3 is 2.88 bits per heavy atom. The molecule has 26 heavy (non-hydrogen) atoms. The highest BCUT2D eigenvalue weighted by Gasteiger charge is 2.27. The maximum absolute atomic E-state index is 12.2. The highest BCUT2D eigenvalue weighted by Crippen LogP contribution is 2.29. The maximum atomic E-state index is 12.2. The number of amides is 1. The van der Waals surface area contributed by atoms with E-state index in [1.54, 1.807) is 6.20 Å². The van der Waals surface area contributed by atoms with Crippen molar-refractivity contribution in [2.45, 2.75) is 45.8 Å². The highest BCUT2D eigenvalue weighted by molar-refractivity contribution is 5.68. The van der Waals surface area contributed by atoms with Crippen molar-refractivity contribution in [1.29, 1.82) is 0 Å². The quantitative estimate of drug-likeness (QED) is 0.886. The Labute approximate surface area is 155 Å². The van der Waals surface area contributed by atoms with Gasteiger partial charge in [0.05, 0.1) is 11.9 Å². The molecule has 1 N–H and O–H groups in total. The van der Waals surface area contributed by atoms with Crippen LogP contribution in [0.25, 0.3) is 0 Å². The molecule has 1 saturated heterocycles. The minimum absolute atomic E-state index is 0.212. The van der Waals surface area contributed by atoms with Crippen LogP contribution in [0.15, 0.2) is 12.3 Å². The molecule has 1 atom stereocenters. The first-order chi connectivity index (χ1) is 12.4. The second-order valence-corrected chi connectivity index (χ2v) is 7.88. The zero-order valence-electron chi connectivity index (χ0n) is 15.9. The van der Waals surface area contributed by atoms with Crippen molar-refractivity contribution in [2.75, 3.05) is 32.8 Å². The molecule has 1 unspecified atom stereocenters. The molecule has 144 valence electrons. The lowest BCUT2D eigenvalue weighted by molar-refractivity contribution is 0.0166. The first-order valence-electron chi connectivity index (χ1n) is 9.34. The average molecular weight is 363 g/mol. The van der Waals surface area contributed by atoms with Crippen LogP contribution in [0, 0.1) is 5.92 Å². The molecule has 0 saturated carbocycles. The van der Waals surface area contributed by atoms with Crippen molar-refractivity contribution in [1.82, 2.24) is 15.2 Å². The topological polar surface area (TPSA) is 72.9 Å². The van der Waals surface area contributed by atoms with Crippen LogP contribution in [0.5, 0.6) is 11.5 Å². The van der Waals surface area contributed by atoms with E-state index in [1.165, 1.54) is 0 Å². The minimum atomic E-state index is -0.452. The zero-order valence-corrected chi connectivity index (χ0v) is 15.9. The molecule has 3 rings (SSSR count). The lowest BCUT2D eigenvalue weighted by atomic mass is 9.98. The smallest absolute Gasteiger partial charge is 0.410 e. The van der Waals surface area contributed by atoms with Crippen LogP contribution >= 0.6 is 0 Å². The lowest BCUT2D eigenvalue weighted by Gasteiger charge is -2.34. The Morgan fingerprint density at radius 1 is 1.35 bits per heavy atom. The summed E-state index contributed by atoms with van der Waals surface area (Å²) in [6.45, 7) is 9.85. The summed E-state index contributed by atoms with van der Waals surface area (Å²) in [6.07, 6.45) is 3.63. The summed E-state index contributed by atoms with van der Waals surface area (Å²) < 4.78 is 16.6. The van der Waals surface area contributed by atoms with Crippen LogP contribution in [0.2, 0.25) is 0 Å². The fraction of sp³-hybridized carbons (Fsp3) is 0.684. The van der Waals surface area contributed by atoms with E-state index in [1.807, 2.05) is 31.7 Å². The van der Waals surface area contributed by atoms with Crippen LogP contribution in [0.3, 0.4) is 0 Å². The fourth-order valence-corrected chi connectivity index (χ4v) is 3.21. The Balaban J connectivity index is 1.45. The van der Waals surface area contributed by atoms with Crippen molar-refractivity contribution in [3.8, 4) is 11.5 Å². The Hall–Kier alpha value is -2.02. The SMILES string of the molecule is CC(C)(C)OC(=O)N1CCCC(CNCc2cc3c(cn2)OCCO3)C1. The number of nitrogens with one attached hydrogen (secondary N) is 1. The predicted octanol–water partition coefficient (Wildman–Crippen LogP) is 2.59. The van der Waals surface area contributed by atoms with E-state index in [9.17, 15) is 4.79 Å². The second-order valence-electron chi connectivity index (χ2n) is 7.88. The van der Waals surface area contributed by atoms with Gasteiger partial charge in [0.2, 0.25) is 0 Å². The number of carbonyl (C=O) groups excluding carboxylic acids is 1. The van der Waals surface area contributed by atoms with Gasteiger partial charge in [0, 0.05) is 32.2 Å². The van der Waals surface area contributed by atoms with E-state index >= 15 is 0 Å². The third kappa shape index (κ3) is 5.24. The average Bonchev–Trinajstić information content (AvgIpc) is 2.60. The van der Waals surface area contributed by atoms with Crippen molar-refractivity contribution < 1.29 is 19.0 Å². The molecule has 2 aliphatic rings. The number of rotatable bonds is 4. The summed E-state index contributed by atoms with van der Waals surface area (Å²) in [5.74, 6) is 1.89. The maximum Gasteiger partial charge on any atom is 0.410 e. The van der Waals surface area contributed by atoms with Crippen LogP contribution in [0.4, 0.5) is 4.79 Å². The van der Waals surface area contributed by atoms with Gasteiger partial charge < -0.3 is 24.4 Å². The van der Waals surface area contributed by atoms with Crippen molar-refractivity contribution in [2.24, 2.45) is 5.92 Å². The Kier molecular flexibility index (Phi) is 5.86. The number of fused-ring (bicyclic) bond motifs is 1. The van der Waals surface area contributed by atoms with Gasteiger partial charge >= 0.3 is 6.09 Å². The number of likely N-dealkylation sites (tertiary alicyclic amines) is 1. The zero-order chi connectivity index (χ0) is 18.6. The summed E-state index contributed by atoms with van der Waals surface area (Å²) in [7, 11) is 0. The second kappa shape index (κ2) is 8.12. The van der Waals surface area contributed by atoms with Crippen LogP contribution in [-0.2, 0) is 11.3 Å². The predicted molar refractivity (Wildman–Crippen MR) is 97.5 cm³/mol. The summed E-state index contributed by atoms with van der Waals surface area (Å²) in [5.41, 5.74) is 0.473. The van der Waals surface area contributed by atoms with Gasteiger partial charge in [0.25, 0.3) is 0 Å². The molecule has 7 heteroatoms. The van der Waals surface area contributed by atoms with Gasteiger partial charge in [-0.1, -0.05) is 0 Å². The van der Waals surface area contributed by atoms with E-state index in [0.29, 0.717) is 31.4 Å². The normalized spacial score (nSPS) is 20.0. The number of ether oxygens (including phenoxy) is 3. The van der Waals surface area contributed by atoms with Crippen LogP contribution in [0.1, 0.15) is 39.3 Å². The number of piperidine rings is 1. The highest BCUT2D eigenvalue weighted by atomic mass is 16.6. The molecule has 1 fully saturated rings. The van der Waals surface area contributed by atoms with Gasteiger partial charge in [-0.25, -0.2) is 4.79 Å². The number of hydrogen-bond acceptors (Lipinski definition) is 6. The van der Waals surface area contributed by atoms with Gasteiger partial charge in [0.15, 0.2) is 11.5 Å². The van der Waals surface area contributed by atoms with Gasteiger partial charge in [0.1, 0.15) is 18.8 Å². The third-order valence-corrected chi connectivity index (χ3v) is 4.40. The van der Waals surface area contributed by atoms with Crippen molar-refractivity contribution >= 4 is 6.09 Å². The Bertz CT molecular complexity index is 630. The number of pyridine rings is 1. The number of hydrogen-bond donors (Lipinski definition) is 1. The minimum Gasteiger partial charge on any atom is -0.486 e. The molecule has 7 nitrogen and oxygen atoms in total. The third-order valence-electron chi connectivity index (χ3n) is 4.40. The van der Waals surface area contributed by atoms with E-state index in [4.69, 9.17) is 14.2 Å². The number of aromatic nitrogens is 1. The fourth-order valence-electron chi connectivity index (χ4n) is 3.21. The van der Waals surface area contributed by atoms with E-state index in [2.05, 4.69) is 10.3 Å². The van der Waals surface area contributed by atoms with E-state index < -0.39 is 5.60 Å². The molecule has 2 aliphatic heterocycles. The molecular formula is C19H29N3O4. The van der Waals surface area contributed by atoms with Crippen molar-refractivity contribution in [3.05, 3.63) is 18.0 Å². The first-order valence-corrected chi connectivity index (χ1v) is 9.34. The summed E-state index contributed by atoms with van der Waals surface area (Å²) in [6, 6.07) is 1.93. The van der Waals surface area contributed by atoms with Crippen molar-refractivity contribution in [3.63, 3.8) is 0 Å². The number of nitrogens with zero attached hydrogens (tertiary/aromatic N) is 2. The Morgan fingerprint density at radius 2 is 2.12 bits per heavy atom. The summed E-state index contributed by atoms with van der Waals surface area (Å²) in [4.78, 5) is 18.5. The molecule has 0 spiro atoms. The summed E-state index contributed by atoms with van der Waals surface area (Å²) >= 11 is 0. The monoisotopic (exact) mass is 363 g/mol. The van der Waals surface area contributed by atoms with E-state index in [0.717, 1.165) is 43.9 Å². The van der Waals surface area contributed by atoms with Gasteiger partial charge in [-0.3, -0.25) is 4.98 Å².